The topological polar surface area (TPSA) is 80.7 Å². The molecule has 27 heavy (non-hydrogen) atoms. The van der Waals surface area contributed by atoms with Gasteiger partial charge in [0.25, 0.3) is 0 Å². The van der Waals surface area contributed by atoms with Gasteiger partial charge in [0.2, 0.25) is 0 Å². The molecule has 0 bridgehead atoms. The van der Waals surface area contributed by atoms with E-state index in [0.29, 0.717) is 35.5 Å². The Hall–Kier alpha value is -3.06. The maximum absolute atomic E-state index is 11.1. The van der Waals surface area contributed by atoms with E-state index in [1.54, 1.807) is 14.0 Å². The molecule has 3 aromatic rings. The molecule has 0 atom stereocenters. The summed E-state index contributed by atoms with van der Waals surface area (Å²) < 4.78 is 11.3. The highest BCUT2D eigenvalue weighted by Gasteiger charge is 2.14. The molecule has 0 fully saturated rings. The van der Waals surface area contributed by atoms with E-state index in [9.17, 15) is 4.79 Å². The fourth-order valence-corrected chi connectivity index (χ4v) is 3.33. The van der Waals surface area contributed by atoms with Crippen LogP contribution in [-0.2, 0) is 13.2 Å². The van der Waals surface area contributed by atoms with Gasteiger partial charge in [-0.15, -0.1) is 0 Å². The fourth-order valence-electron chi connectivity index (χ4n) is 2.52. The molecular formula is C20H20N2O4S. The van der Waals surface area contributed by atoms with Crippen molar-refractivity contribution in [2.24, 2.45) is 0 Å². The zero-order valence-corrected chi connectivity index (χ0v) is 15.9. The van der Waals surface area contributed by atoms with Gasteiger partial charge in [-0.25, -0.2) is 9.78 Å². The van der Waals surface area contributed by atoms with Gasteiger partial charge in [0.15, 0.2) is 16.6 Å². The first-order chi connectivity index (χ1) is 13.1. The number of thiazole rings is 1. The summed E-state index contributed by atoms with van der Waals surface area (Å²) >= 11 is 1.13. The van der Waals surface area contributed by atoms with Gasteiger partial charge in [-0.05, 0) is 30.2 Å². The number of carbonyl (C=O) groups is 1. The molecule has 0 saturated carbocycles. The molecule has 0 saturated heterocycles. The smallest absolute Gasteiger partial charge is 0.347 e. The molecule has 140 valence electrons. The summed E-state index contributed by atoms with van der Waals surface area (Å²) in [6, 6.07) is 15.6. The van der Waals surface area contributed by atoms with Crippen molar-refractivity contribution in [2.75, 3.05) is 12.4 Å². The Morgan fingerprint density at radius 2 is 1.93 bits per heavy atom. The van der Waals surface area contributed by atoms with Crippen LogP contribution in [0.5, 0.6) is 11.5 Å². The summed E-state index contributed by atoms with van der Waals surface area (Å²) in [6.07, 6.45) is 0. The molecule has 0 aliphatic carbocycles. The molecule has 1 aromatic heterocycles. The number of aryl methyl sites for hydroxylation is 1. The van der Waals surface area contributed by atoms with E-state index in [4.69, 9.17) is 14.6 Å². The van der Waals surface area contributed by atoms with Gasteiger partial charge in [-0.2, -0.15) is 0 Å². The Labute approximate surface area is 161 Å². The average molecular weight is 384 g/mol. The summed E-state index contributed by atoms with van der Waals surface area (Å²) in [6.45, 7) is 2.65. The minimum atomic E-state index is -0.959. The predicted octanol–water partition coefficient (Wildman–Crippen LogP) is 4.35. The van der Waals surface area contributed by atoms with Crippen LogP contribution in [0, 0.1) is 6.92 Å². The number of aromatic nitrogens is 1. The highest BCUT2D eigenvalue weighted by atomic mass is 32.1. The molecule has 1 heterocycles. The average Bonchev–Trinajstić information content (AvgIpc) is 3.06. The van der Waals surface area contributed by atoms with Crippen molar-refractivity contribution in [2.45, 2.75) is 20.1 Å². The zero-order chi connectivity index (χ0) is 19.2. The largest absolute Gasteiger partial charge is 0.493 e. The zero-order valence-electron chi connectivity index (χ0n) is 15.1. The third-order valence-corrected chi connectivity index (χ3v) is 5.00. The first-order valence-corrected chi connectivity index (χ1v) is 9.16. The lowest BCUT2D eigenvalue weighted by atomic mass is 10.2. The normalized spacial score (nSPS) is 10.4. The molecule has 0 aliphatic rings. The van der Waals surface area contributed by atoms with Crippen molar-refractivity contribution in [1.82, 2.24) is 4.98 Å². The molecule has 0 unspecified atom stereocenters. The van der Waals surface area contributed by atoms with Crippen LogP contribution in [0.4, 0.5) is 5.13 Å². The van der Waals surface area contributed by atoms with Gasteiger partial charge in [-0.1, -0.05) is 47.7 Å². The van der Waals surface area contributed by atoms with Crippen LogP contribution in [0.3, 0.4) is 0 Å². The van der Waals surface area contributed by atoms with E-state index in [1.165, 1.54) is 0 Å². The van der Waals surface area contributed by atoms with Crippen LogP contribution in [0.25, 0.3) is 0 Å². The number of rotatable bonds is 8. The molecule has 2 N–H and O–H groups in total. The van der Waals surface area contributed by atoms with Crippen molar-refractivity contribution in [3.63, 3.8) is 0 Å². The van der Waals surface area contributed by atoms with Crippen LogP contribution < -0.4 is 14.8 Å². The van der Waals surface area contributed by atoms with Gasteiger partial charge < -0.3 is 19.9 Å². The Bertz CT molecular complexity index is 925. The molecule has 0 amide bonds. The Morgan fingerprint density at radius 3 is 2.59 bits per heavy atom. The maximum atomic E-state index is 11.1. The number of benzene rings is 2. The number of carboxylic acid groups (broad SMARTS) is 1. The number of methoxy groups -OCH3 is 1. The van der Waals surface area contributed by atoms with Crippen LogP contribution in [0.1, 0.15) is 26.5 Å². The van der Waals surface area contributed by atoms with Crippen LogP contribution >= 0.6 is 11.3 Å². The Morgan fingerprint density at radius 1 is 1.15 bits per heavy atom. The molecule has 2 aromatic carbocycles. The third-order valence-electron chi connectivity index (χ3n) is 3.90. The van der Waals surface area contributed by atoms with E-state index >= 15 is 0 Å². The number of hydrogen-bond acceptors (Lipinski definition) is 6. The molecule has 6 nitrogen and oxygen atoms in total. The van der Waals surface area contributed by atoms with Gasteiger partial charge in [0.05, 0.1) is 12.8 Å². The molecule has 0 radical (unpaired) electrons. The predicted molar refractivity (Wildman–Crippen MR) is 105 cm³/mol. The molecule has 7 heteroatoms. The quantitative estimate of drug-likeness (QED) is 0.601. The van der Waals surface area contributed by atoms with Gasteiger partial charge >= 0.3 is 5.97 Å². The highest BCUT2D eigenvalue weighted by molar-refractivity contribution is 7.17. The highest BCUT2D eigenvalue weighted by Crippen LogP contribution is 2.30. The van der Waals surface area contributed by atoms with E-state index in [1.807, 2.05) is 48.5 Å². The number of aromatic carboxylic acids is 1. The molecule has 0 aliphatic heterocycles. The van der Waals surface area contributed by atoms with Crippen molar-refractivity contribution < 1.29 is 19.4 Å². The monoisotopic (exact) mass is 384 g/mol. The second-order valence-electron chi connectivity index (χ2n) is 5.85. The number of ether oxygens (including phenoxy) is 2. The second kappa shape index (κ2) is 8.55. The summed E-state index contributed by atoms with van der Waals surface area (Å²) in [4.78, 5) is 15.6. The van der Waals surface area contributed by atoms with Crippen LogP contribution in [0.2, 0.25) is 0 Å². The minimum absolute atomic E-state index is 0.250. The molecule has 0 spiro atoms. The number of carboxylic acids is 1. The standard InChI is InChI=1S/C20H20N2O4S/c1-13-18(19(23)24)27-20(22-13)21-11-15-8-9-16(17(10-15)25-2)26-12-14-6-4-3-5-7-14/h3-10H,11-12H2,1-2H3,(H,21,22)(H,23,24). The van der Waals surface area contributed by atoms with E-state index in [0.717, 1.165) is 22.5 Å². The van der Waals surface area contributed by atoms with Gasteiger partial charge in [-0.3, -0.25) is 0 Å². The van der Waals surface area contributed by atoms with Crippen molar-refractivity contribution >= 4 is 22.4 Å². The summed E-state index contributed by atoms with van der Waals surface area (Å²) in [7, 11) is 1.60. The van der Waals surface area contributed by atoms with Crippen molar-refractivity contribution in [3.05, 3.63) is 70.2 Å². The summed E-state index contributed by atoms with van der Waals surface area (Å²) in [5.74, 6) is 0.356. The third kappa shape index (κ3) is 4.77. The first kappa shape index (κ1) is 18.7. The van der Waals surface area contributed by atoms with Crippen molar-refractivity contribution in [1.29, 1.82) is 0 Å². The number of anilines is 1. The van der Waals surface area contributed by atoms with Crippen LogP contribution in [0.15, 0.2) is 48.5 Å². The molecular weight excluding hydrogens is 364 g/mol. The summed E-state index contributed by atoms with van der Waals surface area (Å²) in [5.41, 5.74) is 2.57. The number of hydrogen-bond donors (Lipinski definition) is 2. The Kier molecular flexibility index (Phi) is 5.93. The first-order valence-electron chi connectivity index (χ1n) is 8.35. The summed E-state index contributed by atoms with van der Waals surface area (Å²) in [5, 5.41) is 12.8. The Balaban J connectivity index is 1.65. The van der Waals surface area contributed by atoms with E-state index in [2.05, 4.69) is 10.3 Å². The van der Waals surface area contributed by atoms with Crippen molar-refractivity contribution in [3.8, 4) is 11.5 Å². The maximum Gasteiger partial charge on any atom is 0.347 e. The second-order valence-corrected chi connectivity index (χ2v) is 6.85. The van der Waals surface area contributed by atoms with Crippen LogP contribution in [-0.4, -0.2) is 23.2 Å². The molecule has 3 rings (SSSR count). The number of nitrogens with one attached hydrogen (secondary N) is 1. The lowest BCUT2D eigenvalue weighted by molar-refractivity contribution is 0.0701. The minimum Gasteiger partial charge on any atom is -0.493 e. The van der Waals surface area contributed by atoms with E-state index < -0.39 is 5.97 Å². The lowest BCUT2D eigenvalue weighted by Gasteiger charge is -2.12. The van der Waals surface area contributed by atoms with E-state index in [-0.39, 0.29) is 4.88 Å². The number of nitrogens with zero attached hydrogens (tertiary/aromatic N) is 1. The SMILES string of the molecule is COc1cc(CNc2nc(C)c(C(=O)O)s2)ccc1OCc1ccccc1. The lowest BCUT2D eigenvalue weighted by Crippen LogP contribution is -2.01. The fraction of sp³-hybridized carbons (Fsp3) is 0.200. The van der Waals surface area contributed by atoms with Gasteiger partial charge in [0.1, 0.15) is 11.5 Å². The van der Waals surface area contributed by atoms with Gasteiger partial charge in [0, 0.05) is 6.54 Å².